The van der Waals surface area contributed by atoms with E-state index >= 15 is 0 Å². The van der Waals surface area contributed by atoms with Gasteiger partial charge in [-0.05, 0) is 42.3 Å². The maximum absolute atomic E-state index is 12.8. The Hall–Kier alpha value is -1.75. The van der Waals surface area contributed by atoms with Crippen LogP contribution in [0, 0.1) is 0 Å². The third-order valence-corrected chi connectivity index (χ3v) is 4.79. The van der Waals surface area contributed by atoms with Crippen molar-refractivity contribution in [1.82, 2.24) is 4.90 Å². The van der Waals surface area contributed by atoms with Gasteiger partial charge in [0.25, 0.3) is 0 Å². The summed E-state index contributed by atoms with van der Waals surface area (Å²) in [6.07, 6.45) is -0.0362. The Labute approximate surface area is 167 Å². The first-order valence-corrected chi connectivity index (χ1v) is 9.09. The summed E-state index contributed by atoms with van der Waals surface area (Å²) in [5.41, 5.74) is 1.08. The Balaban J connectivity index is 2.32. The number of ether oxygens (including phenoxy) is 1. The van der Waals surface area contributed by atoms with Crippen LogP contribution in [0.2, 0.25) is 15.1 Å². The molecule has 1 amide bonds. The number of nitrogens with zero attached hydrogens (tertiary/aromatic N) is 1. The van der Waals surface area contributed by atoms with Crippen LogP contribution in [0.1, 0.15) is 24.1 Å². The lowest BCUT2D eigenvalue weighted by Crippen LogP contribution is -2.37. The minimum Gasteiger partial charge on any atom is -0.464 e. The molecule has 0 N–H and O–H groups in total. The molecule has 26 heavy (non-hydrogen) atoms. The van der Waals surface area contributed by atoms with E-state index in [1.54, 1.807) is 49.4 Å². The average Bonchev–Trinajstić information content (AvgIpc) is 2.58. The van der Waals surface area contributed by atoms with Crippen LogP contribution in [0.4, 0.5) is 0 Å². The molecule has 7 heteroatoms. The van der Waals surface area contributed by atoms with Crippen molar-refractivity contribution in [1.29, 1.82) is 0 Å². The highest BCUT2D eigenvalue weighted by Gasteiger charge is 2.30. The highest BCUT2D eigenvalue weighted by atomic mass is 35.5. The third kappa shape index (κ3) is 4.91. The zero-order chi connectivity index (χ0) is 19.3. The van der Waals surface area contributed by atoms with Gasteiger partial charge in [-0.3, -0.25) is 4.79 Å². The highest BCUT2D eigenvalue weighted by molar-refractivity contribution is 6.36. The first-order chi connectivity index (χ1) is 12.3. The Morgan fingerprint density at radius 2 is 1.69 bits per heavy atom. The van der Waals surface area contributed by atoms with E-state index in [1.807, 2.05) is 0 Å². The summed E-state index contributed by atoms with van der Waals surface area (Å²) in [6.45, 7) is 1.91. The number of hydrogen-bond donors (Lipinski definition) is 0. The normalized spacial score (nSPS) is 11.7. The van der Waals surface area contributed by atoms with E-state index in [1.165, 1.54) is 11.9 Å². The van der Waals surface area contributed by atoms with Crippen LogP contribution >= 0.6 is 34.8 Å². The Morgan fingerprint density at radius 3 is 2.27 bits per heavy atom. The fourth-order valence-corrected chi connectivity index (χ4v) is 3.27. The largest absolute Gasteiger partial charge is 0.464 e. The molecule has 1 atom stereocenters. The average molecular weight is 415 g/mol. The molecule has 0 spiro atoms. The lowest BCUT2D eigenvalue weighted by molar-refractivity contribution is -0.154. The second-order valence-electron chi connectivity index (χ2n) is 5.59. The SMILES string of the molecule is CCOC(=O)C(c1cccc(Cl)c1)N(C)C(=O)Cc1c(Cl)cccc1Cl. The van der Waals surface area contributed by atoms with Crippen LogP contribution in [0.25, 0.3) is 0 Å². The van der Waals surface area contributed by atoms with Gasteiger partial charge in [-0.1, -0.05) is 53.0 Å². The van der Waals surface area contributed by atoms with Gasteiger partial charge in [0.1, 0.15) is 0 Å². The summed E-state index contributed by atoms with van der Waals surface area (Å²) in [6, 6.07) is 10.9. The zero-order valence-electron chi connectivity index (χ0n) is 14.3. The third-order valence-electron chi connectivity index (χ3n) is 3.84. The van der Waals surface area contributed by atoms with Gasteiger partial charge in [0, 0.05) is 22.1 Å². The van der Waals surface area contributed by atoms with Crippen molar-refractivity contribution < 1.29 is 14.3 Å². The molecule has 0 aliphatic rings. The summed E-state index contributed by atoms with van der Waals surface area (Å²) >= 11 is 18.3. The summed E-state index contributed by atoms with van der Waals surface area (Å²) in [5.74, 6) is -0.853. The highest BCUT2D eigenvalue weighted by Crippen LogP contribution is 2.28. The van der Waals surface area contributed by atoms with Gasteiger partial charge in [0.05, 0.1) is 13.0 Å². The number of amides is 1. The van der Waals surface area contributed by atoms with E-state index in [2.05, 4.69) is 0 Å². The van der Waals surface area contributed by atoms with Crippen molar-refractivity contribution in [2.45, 2.75) is 19.4 Å². The van der Waals surface area contributed by atoms with E-state index in [0.29, 0.717) is 26.2 Å². The molecular weight excluding hydrogens is 397 g/mol. The molecule has 2 rings (SSSR count). The molecule has 0 bridgehead atoms. The molecule has 2 aromatic rings. The van der Waals surface area contributed by atoms with Crippen molar-refractivity contribution in [3.8, 4) is 0 Å². The molecule has 138 valence electrons. The van der Waals surface area contributed by atoms with Gasteiger partial charge in [-0.15, -0.1) is 0 Å². The fourth-order valence-electron chi connectivity index (χ4n) is 2.54. The first-order valence-electron chi connectivity index (χ1n) is 7.95. The number of benzene rings is 2. The van der Waals surface area contributed by atoms with E-state index in [9.17, 15) is 9.59 Å². The minimum atomic E-state index is -0.914. The van der Waals surface area contributed by atoms with E-state index < -0.39 is 12.0 Å². The standard InChI is InChI=1S/C19H18Cl3NO3/c1-3-26-19(25)18(12-6-4-7-13(20)10-12)23(2)17(24)11-14-15(21)8-5-9-16(14)22/h4-10,18H,3,11H2,1-2H3. The van der Waals surface area contributed by atoms with Crippen LogP contribution in [0.15, 0.2) is 42.5 Å². The van der Waals surface area contributed by atoms with Gasteiger partial charge in [0.15, 0.2) is 6.04 Å². The zero-order valence-corrected chi connectivity index (χ0v) is 16.6. The van der Waals surface area contributed by atoms with Crippen LogP contribution in [0.3, 0.4) is 0 Å². The topological polar surface area (TPSA) is 46.6 Å². The Bertz CT molecular complexity index is 790. The molecular formula is C19H18Cl3NO3. The number of likely N-dealkylation sites (N-methyl/N-ethyl adjacent to an activating group) is 1. The van der Waals surface area contributed by atoms with Crippen LogP contribution in [0.5, 0.6) is 0 Å². The van der Waals surface area contributed by atoms with E-state index in [4.69, 9.17) is 39.5 Å². The summed E-state index contributed by atoms with van der Waals surface area (Å²) in [7, 11) is 1.54. The predicted octanol–water partition coefficient (Wildman–Crippen LogP) is 4.95. The van der Waals surface area contributed by atoms with Gasteiger partial charge >= 0.3 is 5.97 Å². The predicted molar refractivity (Wildman–Crippen MR) is 104 cm³/mol. The van der Waals surface area contributed by atoms with Gasteiger partial charge in [-0.25, -0.2) is 4.79 Å². The number of rotatable bonds is 6. The van der Waals surface area contributed by atoms with Gasteiger partial charge in [0.2, 0.25) is 5.91 Å². The van der Waals surface area contributed by atoms with E-state index in [0.717, 1.165) is 0 Å². The van der Waals surface area contributed by atoms with Crippen molar-refractivity contribution in [3.05, 3.63) is 68.7 Å². The lowest BCUT2D eigenvalue weighted by atomic mass is 10.0. The second-order valence-corrected chi connectivity index (χ2v) is 6.84. The fraction of sp³-hybridized carbons (Fsp3) is 0.263. The number of esters is 1. The molecule has 0 fully saturated rings. The minimum absolute atomic E-state index is 0.0362. The van der Waals surface area contributed by atoms with Crippen LogP contribution < -0.4 is 0 Å². The van der Waals surface area contributed by atoms with Crippen molar-refractivity contribution >= 4 is 46.7 Å². The Kier molecular flexibility index (Phi) is 7.33. The summed E-state index contributed by atoms with van der Waals surface area (Å²) in [5, 5.41) is 1.26. The number of hydrogen-bond acceptors (Lipinski definition) is 3. The molecule has 0 aliphatic carbocycles. The van der Waals surface area contributed by atoms with Crippen molar-refractivity contribution in [3.63, 3.8) is 0 Å². The van der Waals surface area contributed by atoms with Crippen LogP contribution in [-0.4, -0.2) is 30.4 Å². The molecule has 0 radical (unpaired) electrons. The molecule has 0 heterocycles. The lowest BCUT2D eigenvalue weighted by Gasteiger charge is -2.27. The molecule has 0 saturated heterocycles. The monoisotopic (exact) mass is 413 g/mol. The quantitative estimate of drug-likeness (QED) is 0.628. The summed E-state index contributed by atoms with van der Waals surface area (Å²) in [4.78, 5) is 26.6. The first kappa shape index (κ1) is 20.6. The second kappa shape index (κ2) is 9.26. The molecule has 0 saturated carbocycles. The van der Waals surface area contributed by atoms with Gasteiger partial charge < -0.3 is 9.64 Å². The maximum atomic E-state index is 12.8. The number of carbonyl (C=O) groups is 2. The number of halogens is 3. The molecule has 4 nitrogen and oxygen atoms in total. The molecule has 2 aromatic carbocycles. The van der Waals surface area contributed by atoms with Crippen molar-refractivity contribution in [2.75, 3.05) is 13.7 Å². The van der Waals surface area contributed by atoms with Crippen molar-refractivity contribution in [2.24, 2.45) is 0 Å². The van der Waals surface area contributed by atoms with Gasteiger partial charge in [-0.2, -0.15) is 0 Å². The van der Waals surface area contributed by atoms with Crippen LogP contribution in [-0.2, 0) is 20.7 Å². The van der Waals surface area contributed by atoms with E-state index in [-0.39, 0.29) is 18.9 Å². The number of carbonyl (C=O) groups excluding carboxylic acids is 2. The molecule has 0 aromatic heterocycles. The smallest absolute Gasteiger partial charge is 0.333 e. The molecule has 0 aliphatic heterocycles. The molecule has 1 unspecified atom stereocenters. The maximum Gasteiger partial charge on any atom is 0.333 e. The summed E-state index contributed by atoms with van der Waals surface area (Å²) < 4.78 is 5.14. The Morgan fingerprint density at radius 1 is 1.08 bits per heavy atom.